The van der Waals surface area contributed by atoms with Gasteiger partial charge in [0.15, 0.2) is 0 Å². The molecule has 0 spiro atoms. The fourth-order valence-corrected chi connectivity index (χ4v) is 4.54. The first-order chi connectivity index (χ1) is 15.9. The number of ether oxygens (including phenoxy) is 1. The number of rotatable bonds is 9. The average Bonchev–Trinajstić information content (AvgIpc) is 3.08. The minimum Gasteiger partial charge on any atom is -0.481 e. The fraction of sp³-hybridized carbons (Fsp3) is 0.400. The van der Waals surface area contributed by atoms with E-state index in [0.717, 1.165) is 41.5 Å². The van der Waals surface area contributed by atoms with Gasteiger partial charge in [0.05, 0.1) is 12.5 Å². The molecule has 174 valence electrons. The number of fused-ring (bicyclic) bond motifs is 3. The molecule has 0 saturated heterocycles. The molecule has 0 heterocycles. The van der Waals surface area contributed by atoms with Crippen molar-refractivity contribution >= 4 is 18.0 Å². The molecule has 0 bridgehead atoms. The van der Waals surface area contributed by atoms with Gasteiger partial charge in [-0.15, -0.1) is 0 Å². The third-order valence-electron chi connectivity index (χ3n) is 6.44. The molecule has 0 radical (unpaired) electrons. The van der Waals surface area contributed by atoms with Gasteiger partial charge in [0.25, 0.3) is 0 Å². The minimum atomic E-state index is -1.19. The van der Waals surface area contributed by atoms with E-state index in [1.807, 2.05) is 36.4 Å². The Morgan fingerprint density at radius 3 is 2.15 bits per heavy atom. The molecule has 1 saturated carbocycles. The zero-order valence-electron chi connectivity index (χ0n) is 18.2. The van der Waals surface area contributed by atoms with Crippen molar-refractivity contribution in [2.24, 2.45) is 5.92 Å². The summed E-state index contributed by atoms with van der Waals surface area (Å²) in [6, 6.07) is 15.3. The van der Waals surface area contributed by atoms with Gasteiger partial charge >= 0.3 is 12.1 Å². The second kappa shape index (κ2) is 10.0. The lowest BCUT2D eigenvalue weighted by Crippen LogP contribution is -2.53. The molecule has 0 aliphatic heterocycles. The van der Waals surface area contributed by atoms with Crippen molar-refractivity contribution in [1.82, 2.24) is 10.6 Å². The van der Waals surface area contributed by atoms with E-state index in [-0.39, 0.29) is 25.0 Å². The van der Waals surface area contributed by atoms with Crippen LogP contribution >= 0.6 is 0 Å². The summed E-state index contributed by atoms with van der Waals surface area (Å²) in [5.74, 6) is -1.69. The van der Waals surface area contributed by atoms with E-state index in [1.165, 1.54) is 0 Å². The summed E-state index contributed by atoms with van der Waals surface area (Å²) >= 11 is 0. The number of amides is 2. The number of aliphatic carboxylic acids is 1. The van der Waals surface area contributed by atoms with E-state index in [2.05, 4.69) is 22.8 Å². The summed E-state index contributed by atoms with van der Waals surface area (Å²) in [4.78, 5) is 36.0. The summed E-state index contributed by atoms with van der Waals surface area (Å²) in [7, 11) is 0. The molecule has 4 rings (SSSR count). The molecular formula is C25H28N2O6. The van der Waals surface area contributed by atoms with E-state index in [1.54, 1.807) is 0 Å². The van der Waals surface area contributed by atoms with Crippen molar-refractivity contribution in [2.75, 3.05) is 13.2 Å². The van der Waals surface area contributed by atoms with Crippen LogP contribution in [0, 0.1) is 5.92 Å². The topological polar surface area (TPSA) is 125 Å². The summed E-state index contributed by atoms with van der Waals surface area (Å²) < 4.78 is 5.56. The van der Waals surface area contributed by atoms with Crippen molar-refractivity contribution in [3.63, 3.8) is 0 Å². The first-order valence-electron chi connectivity index (χ1n) is 11.2. The highest BCUT2D eigenvalue weighted by Gasteiger charge is 2.35. The molecule has 2 unspecified atom stereocenters. The number of benzene rings is 2. The van der Waals surface area contributed by atoms with Crippen molar-refractivity contribution in [3.8, 4) is 11.1 Å². The maximum atomic E-state index is 12.7. The van der Waals surface area contributed by atoms with Gasteiger partial charge in [0.2, 0.25) is 5.91 Å². The van der Waals surface area contributed by atoms with Crippen LogP contribution in [0.15, 0.2) is 48.5 Å². The molecule has 8 nitrogen and oxygen atoms in total. The number of carboxylic acids is 1. The largest absolute Gasteiger partial charge is 0.481 e. The third kappa shape index (κ3) is 5.17. The highest BCUT2D eigenvalue weighted by molar-refractivity contribution is 5.86. The predicted molar refractivity (Wildman–Crippen MR) is 121 cm³/mol. The van der Waals surface area contributed by atoms with Gasteiger partial charge in [-0.3, -0.25) is 9.59 Å². The highest BCUT2D eigenvalue weighted by Crippen LogP contribution is 2.44. The maximum absolute atomic E-state index is 12.7. The SMILES string of the molecule is O=C(O)CC(O)CNC(=O)C(NC(=O)OCC1c2ccccc2-c2ccccc21)C1CCC1. The molecule has 2 aromatic rings. The number of nitrogens with one attached hydrogen (secondary N) is 2. The van der Waals surface area contributed by atoms with Crippen LogP contribution in [0.1, 0.15) is 42.7 Å². The normalized spacial score (nSPS) is 16.6. The Morgan fingerprint density at radius 2 is 1.61 bits per heavy atom. The smallest absolute Gasteiger partial charge is 0.407 e. The zero-order valence-corrected chi connectivity index (χ0v) is 18.2. The quantitative estimate of drug-likeness (QED) is 0.464. The number of carbonyl (C=O) groups excluding carboxylic acids is 2. The standard InChI is InChI=1S/C25H28N2O6/c28-16(12-22(29)30)13-26-24(31)23(15-6-5-7-15)27-25(32)33-14-21-19-10-3-1-8-17(19)18-9-2-4-11-20(18)21/h1-4,8-11,15-16,21,23,28H,5-7,12-14H2,(H,26,31)(H,27,32)(H,29,30). The van der Waals surface area contributed by atoms with Gasteiger partial charge in [-0.2, -0.15) is 0 Å². The van der Waals surface area contributed by atoms with Crippen LogP contribution in [0.2, 0.25) is 0 Å². The van der Waals surface area contributed by atoms with Crippen LogP contribution in [-0.2, 0) is 14.3 Å². The first kappa shape index (κ1) is 22.8. The van der Waals surface area contributed by atoms with Crippen molar-refractivity contribution in [2.45, 2.75) is 43.7 Å². The lowest BCUT2D eigenvalue weighted by atomic mass is 9.79. The number of hydrogen-bond donors (Lipinski definition) is 4. The number of carboxylic acid groups (broad SMARTS) is 1. The number of aliphatic hydroxyl groups excluding tert-OH is 1. The van der Waals surface area contributed by atoms with E-state index in [9.17, 15) is 19.5 Å². The Bertz CT molecular complexity index is 990. The first-order valence-corrected chi connectivity index (χ1v) is 11.2. The minimum absolute atomic E-state index is 0.0119. The Kier molecular flexibility index (Phi) is 6.93. The summed E-state index contributed by atoms with van der Waals surface area (Å²) in [6.45, 7) is -0.0447. The zero-order chi connectivity index (χ0) is 23.4. The van der Waals surface area contributed by atoms with Crippen LogP contribution in [0.4, 0.5) is 4.79 Å². The van der Waals surface area contributed by atoms with E-state index in [0.29, 0.717) is 0 Å². The second-order valence-corrected chi connectivity index (χ2v) is 8.64. The number of alkyl carbamates (subject to hydrolysis) is 1. The van der Waals surface area contributed by atoms with Crippen LogP contribution in [0.3, 0.4) is 0 Å². The monoisotopic (exact) mass is 452 g/mol. The molecule has 33 heavy (non-hydrogen) atoms. The molecule has 4 N–H and O–H groups in total. The van der Waals surface area contributed by atoms with E-state index >= 15 is 0 Å². The van der Waals surface area contributed by atoms with E-state index in [4.69, 9.17) is 9.84 Å². The maximum Gasteiger partial charge on any atom is 0.407 e. The van der Waals surface area contributed by atoms with Crippen molar-refractivity contribution in [1.29, 1.82) is 0 Å². The van der Waals surface area contributed by atoms with E-state index < -0.39 is 36.5 Å². The molecule has 2 aromatic carbocycles. The van der Waals surface area contributed by atoms with Crippen molar-refractivity contribution < 1.29 is 29.3 Å². The second-order valence-electron chi connectivity index (χ2n) is 8.64. The van der Waals surface area contributed by atoms with Gasteiger partial charge < -0.3 is 25.6 Å². The van der Waals surface area contributed by atoms with Crippen LogP contribution < -0.4 is 10.6 Å². The predicted octanol–water partition coefficient (Wildman–Crippen LogP) is 2.65. The molecule has 2 aliphatic carbocycles. The highest BCUT2D eigenvalue weighted by atomic mass is 16.5. The molecular weight excluding hydrogens is 424 g/mol. The van der Waals surface area contributed by atoms with Gasteiger partial charge in [0.1, 0.15) is 12.6 Å². The Hall–Kier alpha value is -3.39. The average molecular weight is 453 g/mol. The molecule has 8 heteroatoms. The Balaban J connectivity index is 1.36. The summed E-state index contributed by atoms with van der Waals surface area (Å²) in [6.07, 6.45) is 0.258. The van der Waals surface area contributed by atoms with Crippen LogP contribution in [-0.4, -0.2) is 53.5 Å². The van der Waals surface area contributed by atoms with Gasteiger partial charge in [-0.05, 0) is 41.0 Å². The molecule has 1 fully saturated rings. The fourth-order valence-electron chi connectivity index (χ4n) is 4.54. The molecule has 2 aliphatic rings. The van der Waals surface area contributed by atoms with Crippen LogP contribution in [0.5, 0.6) is 0 Å². The molecule has 2 amide bonds. The number of hydrogen-bond acceptors (Lipinski definition) is 5. The molecule has 0 aromatic heterocycles. The Labute approximate surface area is 192 Å². The number of aliphatic hydroxyl groups is 1. The Morgan fingerprint density at radius 1 is 1.00 bits per heavy atom. The summed E-state index contributed by atoms with van der Waals surface area (Å²) in [5, 5.41) is 23.7. The van der Waals surface area contributed by atoms with Crippen molar-refractivity contribution in [3.05, 3.63) is 59.7 Å². The lowest BCUT2D eigenvalue weighted by Gasteiger charge is -2.33. The lowest BCUT2D eigenvalue weighted by molar-refractivity contribution is -0.139. The van der Waals surface area contributed by atoms with Crippen LogP contribution in [0.25, 0.3) is 11.1 Å². The number of carbonyl (C=O) groups is 3. The van der Waals surface area contributed by atoms with Gasteiger partial charge in [0, 0.05) is 12.5 Å². The molecule has 2 atom stereocenters. The summed E-state index contributed by atoms with van der Waals surface area (Å²) in [5.41, 5.74) is 4.47. The van der Waals surface area contributed by atoms with Gasteiger partial charge in [-0.25, -0.2) is 4.79 Å². The van der Waals surface area contributed by atoms with Gasteiger partial charge in [-0.1, -0.05) is 55.0 Å². The third-order valence-corrected chi connectivity index (χ3v) is 6.44.